The number of furan rings is 1. The first-order valence-electron chi connectivity index (χ1n) is 25.8. The van der Waals surface area contributed by atoms with Crippen LogP contribution in [0.15, 0.2) is 259 Å². The van der Waals surface area contributed by atoms with Crippen LogP contribution in [-0.4, -0.2) is 9.13 Å². The van der Waals surface area contributed by atoms with Crippen molar-refractivity contribution in [3.8, 4) is 56.3 Å². The molecule has 348 valence electrons. The van der Waals surface area contributed by atoms with Crippen molar-refractivity contribution in [2.24, 2.45) is 0 Å². The van der Waals surface area contributed by atoms with Crippen LogP contribution >= 0.6 is 0 Å². The minimum absolute atomic E-state index is 0.768. The van der Waals surface area contributed by atoms with Crippen LogP contribution in [0.5, 0.6) is 11.5 Å². The summed E-state index contributed by atoms with van der Waals surface area (Å²) in [5.41, 5.74) is 17.4. The molecule has 1 aliphatic heterocycles. The van der Waals surface area contributed by atoms with Crippen molar-refractivity contribution in [3.63, 3.8) is 0 Å². The van der Waals surface area contributed by atoms with Crippen LogP contribution in [0.2, 0.25) is 0 Å². The SMILES string of the molecule is c1ccc2c(c1)Oc1c(oc3ccccc13)C21c2cc(-c3ccc4c(c3)c3ccccc3n4-c3ccc4ccccc4c3)ccc2-c2ccc(-c3ccc4c(c3)c3ccccc3n4-c3ccc4ccccc4c3)cc21. The molecule has 0 atom stereocenters. The van der Waals surface area contributed by atoms with Gasteiger partial charge in [-0.05, 0) is 157 Å². The topological polar surface area (TPSA) is 32.2 Å². The van der Waals surface area contributed by atoms with Gasteiger partial charge in [-0.15, -0.1) is 0 Å². The van der Waals surface area contributed by atoms with Crippen molar-refractivity contribution in [3.05, 3.63) is 277 Å². The molecular weight excluding hydrogens is 913 g/mol. The molecule has 0 radical (unpaired) electrons. The van der Waals surface area contributed by atoms with Crippen LogP contribution in [0.25, 0.3) is 121 Å². The van der Waals surface area contributed by atoms with Crippen LogP contribution in [-0.2, 0) is 5.41 Å². The summed E-state index contributed by atoms with van der Waals surface area (Å²) in [5.74, 6) is 2.40. The zero-order valence-corrected chi connectivity index (χ0v) is 40.5. The molecule has 0 saturated heterocycles. The Morgan fingerprint density at radius 2 is 0.760 bits per heavy atom. The van der Waals surface area contributed by atoms with Gasteiger partial charge < -0.3 is 18.3 Å². The van der Waals surface area contributed by atoms with Crippen molar-refractivity contribution in [2.75, 3.05) is 0 Å². The lowest BCUT2D eigenvalue weighted by molar-refractivity contribution is 0.389. The second kappa shape index (κ2) is 15.1. The van der Waals surface area contributed by atoms with E-state index in [4.69, 9.17) is 9.15 Å². The van der Waals surface area contributed by atoms with Crippen molar-refractivity contribution >= 4 is 76.1 Å². The number of aromatic nitrogens is 2. The molecule has 0 bridgehead atoms. The van der Waals surface area contributed by atoms with Gasteiger partial charge >= 0.3 is 0 Å². The third-order valence-electron chi connectivity index (χ3n) is 16.5. The van der Waals surface area contributed by atoms with Crippen LogP contribution in [0.1, 0.15) is 22.5 Å². The Labute approximate surface area is 431 Å². The Kier molecular flexibility index (Phi) is 8.18. The quantitative estimate of drug-likeness (QED) is 0.176. The molecule has 3 aromatic heterocycles. The van der Waals surface area contributed by atoms with E-state index in [1.807, 2.05) is 6.07 Å². The Morgan fingerprint density at radius 1 is 0.307 bits per heavy atom. The number of para-hydroxylation sites is 4. The van der Waals surface area contributed by atoms with E-state index in [0.717, 1.165) is 67.4 Å². The van der Waals surface area contributed by atoms with Gasteiger partial charge in [-0.3, -0.25) is 0 Å². The second-order valence-corrected chi connectivity index (χ2v) is 20.4. The van der Waals surface area contributed by atoms with Crippen molar-refractivity contribution in [1.29, 1.82) is 0 Å². The number of hydrogen-bond acceptors (Lipinski definition) is 2. The molecule has 75 heavy (non-hydrogen) atoms. The van der Waals surface area contributed by atoms with E-state index < -0.39 is 5.41 Å². The molecule has 0 unspecified atom stereocenters. The van der Waals surface area contributed by atoms with Crippen LogP contribution < -0.4 is 4.74 Å². The predicted molar refractivity (Wildman–Crippen MR) is 308 cm³/mol. The van der Waals surface area contributed by atoms with Gasteiger partial charge in [0.2, 0.25) is 0 Å². The fourth-order valence-electron chi connectivity index (χ4n) is 13.2. The summed E-state index contributed by atoms with van der Waals surface area (Å²) in [5, 5.41) is 10.8. The summed E-state index contributed by atoms with van der Waals surface area (Å²) in [4.78, 5) is 0. The molecule has 4 nitrogen and oxygen atoms in total. The number of fused-ring (bicyclic) bond motifs is 19. The number of ether oxygens (including phenoxy) is 1. The van der Waals surface area contributed by atoms with Crippen molar-refractivity contribution < 1.29 is 9.15 Å². The maximum atomic E-state index is 7.21. The van der Waals surface area contributed by atoms with Crippen molar-refractivity contribution in [1.82, 2.24) is 9.13 Å². The Morgan fingerprint density at radius 3 is 1.35 bits per heavy atom. The highest BCUT2D eigenvalue weighted by Crippen LogP contribution is 2.64. The standard InChI is InChI=1S/C71H42N2O2/c1-3-15-45-37-51(31-25-43(45)13-1)72-63-21-9-5-17-55(63)58-39-47(29-35-65(58)72)49-27-33-53-54-34-28-50(42-62(54)71(61(53)41-49)60-20-8-12-24-68(60)74-69-57-19-7-11-23-67(57)75-70(69)71)48-30-36-66-59(40-48)56-18-6-10-22-64(56)73(66)52-32-26-44-14-2-4-16-46(44)38-52/h1-42H. The molecule has 0 fully saturated rings. The molecule has 1 aliphatic carbocycles. The molecule has 0 amide bonds. The first-order valence-corrected chi connectivity index (χ1v) is 25.8. The molecule has 17 rings (SSSR count). The highest BCUT2D eigenvalue weighted by molar-refractivity contribution is 6.12. The summed E-state index contributed by atoms with van der Waals surface area (Å²) in [6.45, 7) is 0. The normalized spacial score (nSPS) is 13.3. The first-order chi connectivity index (χ1) is 37.2. The van der Waals surface area contributed by atoms with E-state index in [0.29, 0.717) is 0 Å². The Balaban J connectivity index is 0.874. The van der Waals surface area contributed by atoms with Gasteiger partial charge in [0.1, 0.15) is 16.7 Å². The summed E-state index contributed by atoms with van der Waals surface area (Å²) in [6.07, 6.45) is 0. The lowest BCUT2D eigenvalue weighted by Crippen LogP contribution is -2.31. The van der Waals surface area contributed by atoms with E-state index in [2.05, 4.69) is 258 Å². The molecule has 12 aromatic carbocycles. The van der Waals surface area contributed by atoms with Gasteiger partial charge in [0.15, 0.2) is 11.5 Å². The molecule has 15 aromatic rings. The van der Waals surface area contributed by atoms with Crippen LogP contribution in [0, 0.1) is 0 Å². The number of hydrogen-bond donors (Lipinski definition) is 0. The molecular formula is C71H42N2O2. The molecule has 1 spiro atoms. The fraction of sp³-hybridized carbons (Fsp3) is 0.0141. The van der Waals surface area contributed by atoms with E-state index in [9.17, 15) is 0 Å². The lowest BCUT2D eigenvalue weighted by Gasteiger charge is -2.36. The number of nitrogens with zero attached hydrogens (tertiary/aromatic N) is 2. The minimum Gasteiger partial charge on any atom is -0.455 e. The van der Waals surface area contributed by atoms with Gasteiger partial charge in [-0.2, -0.15) is 0 Å². The molecule has 2 aliphatic rings. The van der Waals surface area contributed by atoms with E-state index in [-0.39, 0.29) is 0 Å². The minimum atomic E-state index is -0.841. The summed E-state index contributed by atoms with van der Waals surface area (Å²) in [7, 11) is 0. The predicted octanol–water partition coefficient (Wildman–Crippen LogP) is 18.7. The van der Waals surface area contributed by atoms with Gasteiger partial charge in [0, 0.05) is 38.5 Å². The number of benzene rings is 12. The average molecular weight is 955 g/mol. The molecule has 0 N–H and O–H groups in total. The van der Waals surface area contributed by atoms with Crippen LogP contribution in [0.3, 0.4) is 0 Å². The second-order valence-electron chi connectivity index (χ2n) is 20.4. The Hall–Kier alpha value is -9.90. The van der Waals surface area contributed by atoms with Gasteiger partial charge in [-0.1, -0.05) is 164 Å². The summed E-state index contributed by atoms with van der Waals surface area (Å²) < 4.78 is 19.0. The number of rotatable bonds is 4. The summed E-state index contributed by atoms with van der Waals surface area (Å²) >= 11 is 0. The summed E-state index contributed by atoms with van der Waals surface area (Å²) in [6, 6.07) is 93.4. The third-order valence-corrected chi connectivity index (χ3v) is 16.5. The zero-order chi connectivity index (χ0) is 48.9. The zero-order valence-electron chi connectivity index (χ0n) is 40.5. The average Bonchev–Trinajstić information content (AvgIpc) is 4.35. The largest absolute Gasteiger partial charge is 0.455 e. The smallest absolute Gasteiger partial charge is 0.178 e. The monoisotopic (exact) mass is 954 g/mol. The molecule has 0 saturated carbocycles. The van der Waals surface area contributed by atoms with Gasteiger partial charge in [0.25, 0.3) is 0 Å². The maximum Gasteiger partial charge on any atom is 0.178 e. The molecule has 4 heteroatoms. The van der Waals surface area contributed by atoms with E-state index in [1.54, 1.807) is 0 Å². The van der Waals surface area contributed by atoms with Crippen molar-refractivity contribution in [2.45, 2.75) is 5.41 Å². The van der Waals surface area contributed by atoms with Gasteiger partial charge in [-0.25, -0.2) is 0 Å². The van der Waals surface area contributed by atoms with Gasteiger partial charge in [0.05, 0.1) is 27.5 Å². The first kappa shape index (κ1) is 40.7. The van der Waals surface area contributed by atoms with Crippen LogP contribution in [0.4, 0.5) is 0 Å². The molecule has 4 heterocycles. The maximum absolute atomic E-state index is 7.21. The van der Waals surface area contributed by atoms with E-state index in [1.165, 1.54) is 87.4 Å². The highest BCUT2D eigenvalue weighted by Gasteiger charge is 2.54. The lowest BCUT2D eigenvalue weighted by atomic mass is 9.68. The Bertz CT molecular complexity index is 4700. The van der Waals surface area contributed by atoms with E-state index >= 15 is 0 Å². The third kappa shape index (κ3) is 5.60. The highest BCUT2D eigenvalue weighted by atomic mass is 16.5. The fourth-order valence-corrected chi connectivity index (χ4v) is 13.2.